The van der Waals surface area contributed by atoms with E-state index in [0.29, 0.717) is 19.6 Å². The van der Waals surface area contributed by atoms with Crippen LogP contribution in [0, 0.1) is 13.8 Å². The SMILES string of the molecule is CCOC(OCC)C(=O)Cc1ccc(C)c(C)c1. The standard InChI is InChI=1S/C15H22O3/c1-5-17-15(18-6-2)14(16)10-13-8-7-11(3)12(4)9-13/h7-9,15H,5-6,10H2,1-4H3. The Labute approximate surface area is 109 Å². The minimum absolute atomic E-state index is 0.0260. The minimum Gasteiger partial charge on any atom is -0.346 e. The van der Waals surface area contributed by atoms with Crippen LogP contribution in [-0.4, -0.2) is 25.3 Å². The predicted molar refractivity (Wildman–Crippen MR) is 71.7 cm³/mol. The summed E-state index contributed by atoms with van der Waals surface area (Å²) in [4.78, 5) is 12.0. The molecule has 0 atom stereocenters. The van der Waals surface area contributed by atoms with E-state index in [0.717, 1.165) is 5.56 Å². The third-order valence-electron chi connectivity index (χ3n) is 2.85. The number of rotatable bonds is 7. The third-order valence-corrected chi connectivity index (χ3v) is 2.85. The van der Waals surface area contributed by atoms with Crippen LogP contribution in [-0.2, 0) is 20.7 Å². The molecule has 0 spiro atoms. The molecule has 3 nitrogen and oxygen atoms in total. The lowest BCUT2D eigenvalue weighted by molar-refractivity contribution is -0.167. The van der Waals surface area contributed by atoms with Crippen LogP contribution in [0.25, 0.3) is 0 Å². The van der Waals surface area contributed by atoms with Crippen LogP contribution in [0.2, 0.25) is 0 Å². The summed E-state index contributed by atoms with van der Waals surface area (Å²) in [5, 5.41) is 0. The molecule has 0 N–H and O–H groups in total. The number of ketones is 1. The Morgan fingerprint density at radius 3 is 2.22 bits per heavy atom. The van der Waals surface area contributed by atoms with Crippen molar-refractivity contribution in [3.05, 3.63) is 34.9 Å². The monoisotopic (exact) mass is 250 g/mol. The van der Waals surface area contributed by atoms with E-state index >= 15 is 0 Å². The minimum atomic E-state index is -0.735. The molecular formula is C15H22O3. The van der Waals surface area contributed by atoms with E-state index in [4.69, 9.17) is 9.47 Å². The molecule has 0 amide bonds. The second-order valence-corrected chi connectivity index (χ2v) is 4.30. The van der Waals surface area contributed by atoms with Gasteiger partial charge in [0.05, 0.1) is 0 Å². The van der Waals surface area contributed by atoms with Crippen LogP contribution < -0.4 is 0 Å². The highest BCUT2D eigenvalue weighted by atomic mass is 16.7. The lowest BCUT2D eigenvalue weighted by atomic mass is 10.0. The lowest BCUT2D eigenvalue weighted by Crippen LogP contribution is -2.29. The molecular weight excluding hydrogens is 228 g/mol. The molecule has 1 aromatic rings. The predicted octanol–water partition coefficient (Wildman–Crippen LogP) is 2.81. The van der Waals surface area contributed by atoms with E-state index in [1.54, 1.807) is 0 Å². The maximum atomic E-state index is 12.0. The zero-order valence-electron chi connectivity index (χ0n) is 11.7. The van der Waals surface area contributed by atoms with Crippen LogP contribution in [0.4, 0.5) is 0 Å². The Balaban J connectivity index is 2.69. The second-order valence-electron chi connectivity index (χ2n) is 4.30. The first kappa shape index (κ1) is 14.9. The third kappa shape index (κ3) is 4.24. The summed E-state index contributed by atoms with van der Waals surface area (Å²) in [7, 11) is 0. The van der Waals surface area contributed by atoms with Crippen molar-refractivity contribution in [3.8, 4) is 0 Å². The number of benzene rings is 1. The van der Waals surface area contributed by atoms with Gasteiger partial charge in [-0.25, -0.2) is 0 Å². The molecule has 0 bridgehead atoms. The number of hydrogen-bond acceptors (Lipinski definition) is 3. The first-order chi connectivity index (χ1) is 8.58. The van der Waals surface area contributed by atoms with Gasteiger partial charge in [0.1, 0.15) is 0 Å². The molecule has 0 unspecified atom stereocenters. The normalized spacial score (nSPS) is 10.9. The zero-order valence-corrected chi connectivity index (χ0v) is 11.7. The van der Waals surface area contributed by atoms with Crippen molar-refractivity contribution in [2.24, 2.45) is 0 Å². The van der Waals surface area contributed by atoms with Crippen LogP contribution in [0.1, 0.15) is 30.5 Å². The number of ether oxygens (including phenoxy) is 2. The summed E-state index contributed by atoms with van der Waals surface area (Å²) < 4.78 is 10.6. The van der Waals surface area contributed by atoms with E-state index in [1.165, 1.54) is 11.1 Å². The summed E-state index contributed by atoms with van der Waals surface area (Å²) in [5.41, 5.74) is 3.44. The Morgan fingerprint density at radius 2 is 1.72 bits per heavy atom. The quantitative estimate of drug-likeness (QED) is 0.698. The van der Waals surface area contributed by atoms with Gasteiger partial charge in [-0.3, -0.25) is 4.79 Å². The van der Waals surface area contributed by atoms with Crippen molar-refractivity contribution >= 4 is 5.78 Å². The van der Waals surface area contributed by atoms with Crippen LogP contribution >= 0.6 is 0 Å². The van der Waals surface area contributed by atoms with Gasteiger partial charge in [-0.2, -0.15) is 0 Å². The average molecular weight is 250 g/mol. The summed E-state index contributed by atoms with van der Waals surface area (Å²) >= 11 is 0. The number of hydrogen-bond donors (Lipinski definition) is 0. The first-order valence-electron chi connectivity index (χ1n) is 6.40. The maximum absolute atomic E-state index is 12.0. The maximum Gasteiger partial charge on any atom is 0.218 e. The fourth-order valence-corrected chi connectivity index (χ4v) is 1.73. The average Bonchev–Trinajstić information content (AvgIpc) is 2.33. The van der Waals surface area contributed by atoms with Crippen molar-refractivity contribution in [1.82, 2.24) is 0 Å². The first-order valence-corrected chi connectivity index (χ1v) is 6.40. The van der Waals surface area contributed by atoms with Gasteiger partial charge in [0.2, 0.25) is 6.29 Å². The Bertz CT molecular complexity index is 393. The van der Waals surface area contributed by atoms with Gasteiger partial charge in [0.25, 0.3) is 0 Å². The summed E-state index contributed by atoms with van der Waals surface area (Å²) in [6.45, 7) is 8.77. The molecule has 0 aliphatic rings. The fraction of sp³-hybridized carbons (Fsp3) is 0.533. The Morgan fingerprint density at radius 1 is 1.11 bits per heavy atom. The topological polar surface area (TPSA) is 35.5 Å². The smallest absolute Gasteiger partial charge is 0.218 e. The highest BCUT2D eigenvalue weighted by Crippen LogP contribution is 2.12. The molecule has 0 heterocycles. The van der Waals surface area contributed by atoms with Gasteiger partial charge < -0.3 is 9.47 Å². The Kier molecular flexibility index (Phi) is 6.02. The molecule has 18 heavy (non-hydrogen) atoms. The van der Waals surface area contributed by atoms with Gasteiger partial charge in [-0.15, -0.1) is 0 Å². The zero-order chi connectivity index (χ0) is 13.5. The van der Waals surface area contributed by atoms with Gasteiger partial charge in [-0.05, 0) is 44.4 Å². The van der Waals surface area contributed by atoms with Crippen molar-refractivity contribution in [2.75, 3.05) is 13.2 Å². The molecule has 0 saturated carbocycles. The van der Waals surface area contributed by atoms with Gasteiger partial charge in [0.15, 0.2) is 5.78 Å². The Hall–Kier alpha value is -1.19. The van der Waals surface area contributed by atoms with E-state index < -0.39 is 6.29 Å². The van der Waals surface area contributed by atoms with Gasteiger partial charge in [0, 0.05) is 19.6 Å². The number of Topliss-reactive ketones (excluding diaryl/α,β-unsaturated/α-hetero) is 1. The van der Waals surface area contributed by atoms with Crippen LogP contribution in [0.3, 0.4) is 0 Å². The molecule has 3 heteroatoms. The molecule has 0 fully saturated rings. The summed E-state index contributed by atoms with van der Waals surface area (Å²) in [6, 6.07) is 6.06. The number of carbonyl (C=O) groups is 1. The summed E-state index contributed by atoms with van der Waals surface area (Å²) in [5.74, 6) is -0.0260. The fourth-order valence-electron chi connectivity index (χ4n) is 1.73. The van der Waals surface area contributed by atoms with Gasteiger partial charge in [-0.1, -0.05) is 18.2 Å². The van der Waals surface area contributed by atoms with Crippen LogP contribution in [0.15, 0.2) is 18.2 Å². The highest BCUT2D eigenvalue weighted by Gasteiger charge is 2.18. The second kappa shape index (κ2) is 7.29. The number of aryl methyl sites for hydroxylation is 2. The molecule has 0 aliphatic carbocycles. The van der Waals surface area contributed by atoms with E-state index in [2.05, 4.69) is 6.92 Å². The van der Waals surface area contributed by atoms with Crippen molar-refractivity contribution in [1.29, 1.82) is 0 Å². The summed E-state index contributed by atoms with van der Waals surface area (Å²) in [6.07, 6.45) is -0.382. The van der Waals surface area contributed by atoms with Gasteiger partial charge >= 0.3 is 0 Å². The molecule has 1 rings (SSSR count). The molecule has 1 aromatic carbocycles. The van der Waals surface area contributed by atoms with E-state index in [-0.39, 0.29) is 5.78 Å². The van der Waals surface area contributed by atoms with E-state index in [9.17, 15) is 4.79 Å². The van der Waals surface area contributed by atoms with Crippen molar-refractivity contribution in [2.45, 2.75) is 40.4 Å². The molecule has 0 saturated heterocycles. The lowest BCUT2D eigenvalue weighted by Gasteiger charge is -2.15. The molecule has 0 aliphatic heterocycles. The molecule has 0 radical (unpaired) electrons. The number of carbonyl (C=O) groups excluding carboxylic acids is 1. The largest absolute Gasteiger partial charge is 0.346 e. The van der Waals surface area contributed by atoms with Crippen LogP contribution in [0.5, 0.6) is 0 Å². The van der Waals surface area contributed by atoms with Crippen molar-refractivity contribution in [3.63, 3.8) is 0 Å². The molecule has 0 aromatic heterocycles. The molecule has 100 valence electrons. The van der Waals surface area contributed by atoms with Crippen molar-refractivity contribution < 1.29 is 14.3 Å². The van der Waals surface area contributed by atoms with E-state index in [1.807, 2.05) is 39.0 Å². The highest BCUT2D eigenvalue weighted by molar-refractivity contribution is 5.84.